The van der Waals surface area contributed by atoms with Gasteiger partial charge in [0.2, 0.25) is 5.95 Å². The molecule has 0 bridgehead atoms. The fraction of sp³-hybridized carbons (Fsp3) is 0.278. The molecule has 0 atom stereocenters. The lowest BCUT2D eigenvalue weighted by Gasteiger charge is -2.29. The smallest absolute Gasteiger partial charge is 0.247 e. The minimum Gasteiger partial charge on any atom is -0.378 e. The third kappa shape index (κ3) is 3.36. The van der Waals surface area contributed by atoms with Crippen LogP contribution in [0.15, 0.2) is 43.0 Å². The van der Waals surface area contributed by atoms with Crippen molar-refractivity contribution in [2.75, 3.05) is 36.5 Å². The number of benzene rings is 1. The number of morpholine rings is 1. The molecule has 8 heteroatoms. The van der Waals surface area contributed by atoms with Crippen LogP contribution in [0.5, 0.6) is 0 Å². The van der Waals surface area contributed by atoms with Crippen LogP contribution < -0.4 is 10.2 Å². The van der Waals surface area contributed by atoms with Gasteiger partial charge in [-0.15, -0.1) is 5.10 Å². The number of hydrogen-bond donors (Lipinski definition) is 1. The highest BCUT2D eigenvalue weighted by molar-refractivity contribution is 5.65. The highest BCUT2D eigenvalue weighted by atomic mass is 19.1. The van der Waals surface area contributed by atoms with Crippen molar-refractivity contribution in [2.45, 2.75) is 6.92 Å². The molecule has 4 rings (SSSR count). The Kier molecular flexibility index (Phi) is 4.49. The summed E-state index contributed by atoms with van der Waals surface area (Å²) in [5, 5.41) is 7.33. The van der Waals surface area contributed by atoms with Crippen LogP contribution in [0, 0.1) is 12.7 Å². The molecular weight excluding hydrogens is 335 g/mol. The van der Waals surface area contributed by atoms with Gasteiger partial charge in [0.05, 0.1) is 30.8 Å². The van der Waals surface area contributed by atoms with Crippen molar-refractivity contribution in [1.29, 1.82) is 0 Å². The second kappa shape index (κ2) is 7.09. The summed E-state index contributed by atoms with van der Waals surface area (Å²) < 4.78 is 21.6. The normalized spacial score (nSPS) is 14.5. The molecule has 1 N–H and O–H groups in total. The first-order valence-electron chi connectivity index (χ1n) is 8.42. The Balaban J connectivity index is 1.59. The van der Waals surface area contributed by atoms with E-state index in [2.05, 4.69) is 25.3 Å². The molecule has 1 fully saturated rings. The summed E-state index contributed by atoms with van der Waals surface area (Å²) in [6.45, 7) is 4.69. The molecule has 1 aliphatic heterocycles. The topological polar surface area (TPSA) is 68.1 Å². The van der Waals surface area contributed by atoms with E-state index in [4.69, 9.17) is 4.74 Å². The predicted molar refractivity (Wildman–Crippen MR) is 96.6 cm³/mol. The van der Waals surface area contributed by atoms with Crippen molar-refractivity contribution in [3.8, 4) is 5.69 Å². The second-order valence-electron chi connectivity index (χ2n) is 6.07. The van der Waals surface area contributed by atoms with Gasteiger partial charge in [-0.2, -0.15) is 4.98 Å². The number of nitrogens with one attached hydrogen (secondary N) is 1. The Morgan fingerprint density at radius 3 is 2.81 bits per heavy atom. The molecule has 0 saturated carbocycles. The number of hydrogen-bond acceptors (Lipinski definition) is 6. The number of pyridine rings is 1. The Morgan fingerprint density at radius 2 is 2.04 bits per heavy atom. The van der Waals surface area contributed by atoms with Crippen LogP contribution in [0.1, 0.15) is 5.56 Å². The Morgan fingerprint density at radius 1 is 1.19 bits per heavy atom. The number of ether oxygens (including phenoxy) is 1. The molecule has 1 aliphatic rings. The van der Waals surface area contributed by atoms with E-state index >= 15 is 0 Å². The molecule has 0 unspecified atom stereocenters. The summed E-state index contributed by atoms with van der Waals surface area (Å²) in [4.78, 5) is 10.5. The summed E-state index contributed by atoms with van der Waals surface area (Å²) in [5.41, 5.74) is 2.67. The van der Waals surface area contributed by atoms with E-state index in [0.717, 1.165) is 24.5 Å². The van der Waals surface area contributed by atoms with E-state index in [1.54, 1.807) is 36.4 Å². The van der Waals surface area contributed by atoms with Crippen molar-refractivity contribution in [3.05, 3.63) is 54.4 Å². The largest absolute Gasteiger partial charge is 0.378 e. The Hall–Kier alpha value is -3.00. The molecule has 2 aromatic heterocycles. The average Bonchev–Trinajstić information content (AvgIpc) is 3.15. The van der Waals surface area contributed by atoms with Gasteiger partial charge in [0, 0.05) is 25.0 Å². The molecule has 0 spiro atoms. The first-order valence-corrected chi connectivity index (χ1v) is 8.42. The van der Waals surface area contributed by atoms with Crippen molar-refractivity contribution >= 4 is 17.3 Å². The van der Waals surface area contributed by atoms with Crippen molar-refractivity contribution in [1.82, 2.24) is 19.7 Å². The van der Waals surface area contributed by atoms with E-state index in [9.17, 15) is 4.39 Å². The molecular formula is C18H19FN6O. The first-order chi connectivity index (χ1) is 12.7. The van der Waals surface area contributed by atoms with E-state index in [-0.39, 0.29) is 5.82 Å². The fourth-order valence-electron chi connectivity index (χ4n) is 2.90. The van der Waals surface area contributed by atoms with Crippen LogP contribution in [-0.2, 0) is 4.74 Å². The number of rotatable bonds is 4. The zero-order valence-electron chi connectivity index (χ0n) is 14.4. The molecule has 3 aromatic rings. The van der Waals surface area contributed by atoms with Gasteiger partial charge >= 0.3 is 0 Å². The summed E-state index contributed by atoms with van der Waals surface area (Å²) in [6.07, 6.45) is 4.94. The van der Waals surface area contributed by atoms with E-state index < -0.39 is 0 Å². The van der Waals surface area contributed by atoms with Crippen LogP contribution >= 0.6 is 0 Å². The molecule has 1 aromatic carbocycles. The van der Waals surface area contributed by atoms with Gasteiger partial charge in [0.15, 0.2) is 0 Å². The van der Waals surface area contributed by atoms with Crippen molar-refractivity contribution in [2.24, 2.45) is 0 Å². The zero-order valence-corrected chi connectivity index (χ0v) is 14.4. The van der Waals surface area contributed by atoms with Crippen molar-refractivity contribution in [3.63, 3.8) is 0 Å². The van der Waals surface area contributed by atoms with Crippen LogP contribution in [0.2, 0.25) is 0 Å². The number of halogens is 1. The summed E-state index contributed by atoms with van der Waals surface area (Å²) >= 11 is 0. The maximum absolute atomic E-state index is 14.6. The van der Waals surface area contributed by atoms with Crippen LogP contribution in [0.25, 0.3) is 5.69 Å². The number of nitrogens with zero attached hydrogens (tertiary/aromatic N) is 5. The predicted octanol–water partition coefficient (Wildman–Crippen LogP) is 2.69. The van der Waals surface area contributed by atoms with Crippen LogP contribution in [0.4, 0.5) is 21.7 Å². The summed E-state index contributed by atoms with van der Waals surface area (Å²) in [7, 11) is 0. The van der Waals surface area contributed by atoms with Gasteiger partial charge < -0.3 is 15.0 Å². The van der Waals surface area contributed by atoms with Crippen LogP contribution in [-0.4, -0.2) is 46.1 Å². The lowest BCUT2D eigenvalue weighted by atomic mass is 10.1. The molecule has 3 heterocycles. The third-order valence-electron chi connectivity index (χ3n) is 4.26. The van der Waals surface area contributed by atoms with Gasteiger partial charge in [0.25, 0.3) is 0 Å². The zero-order chi connectivity index (χ0) is 17.9. The maximum Gasteiger partial charge on any atom is 0.247 e. The molecule has 26 heavy (non-hydrogen) atoms. The molecule has 1 saturated heterocycles. The highest BCUT2D eigenvalue weighted by Crippen LogP contribution is 2.28. The minimum absolute atomic E-state index is 0.306. The molecule has 7 nitrogen and oxygen atoms in total. The molecule has 134 valence electrons. The third-order valence-corrected chi connectivity index (χ3v) is 4.26. The Labute approximate surface area is 150 Å². The van der Waals surface area contributed by atoms with Gasteiger partial charge in [-0.1, -0.05) is 0 Å². The highest BCUT2D eigenvalue weighted by Gasteiger charge is 2.16. The van der Waals surface area contributed by atoms with E-state index in [1.165, 1.54) is 0 Å². The quantitative estimate of drug-likeness (QED) is 0.777. The SMILES string of the molecule is Cc1cc(N2CCOCC2)cc(Nc2ncn(-c3cccnc3)n2)c1F. The van der Waals surface area contributed by atoms with E-state index in [1.807, 2.05) is 18.2 Å². The lowest BCUT2D eigenvalue weighted by Crippen LogP contribution is -2.36. The van der Waals surface area contributed by atoms with Gasteiger partial charge in [-0.05, 0) is 36.8 Å². The van der Waals surface area contributed by atoms with Crippen LogP contribution in [0.3, 0.4) is 0 Å². The van der Waals surface area contributed by atoms with Gasteiger partial charge in [0.1, 0.15) is 12.1 Å². The molecule has 0 radical (unpaired) electrons. The summed E-state index contributed by atoms with van der Waals surface area (Å²) in [6, 6.07) is 7.33. The Bertz CT molecular complexity index is 892. The first kappa shape index (κ1) is 16.5. The van der Waals surface area contributed by atoms with E-state index in [0.29, 0.717) is 30.4 Å². The van der Waals surface area contributed by atoms with Gasteiger partial charge in [-0.3, -0.25) is 4.98 Å². The number of anilines is 3. The van der Waals surface area contributed by atoms with Gasteiger partial charge in [-0.25, -0.2) is 9.07 Å². The second-order valence-corrected chi connectivity index (χ2v) is 6.07. The van der Waals surface area contributed by atoms with Crippen molar-refractivity contribution < 1.29 is 9.13 Å². The maximum atomic E-state index is 14.6. The monoisotopic (exact) mass is 354 g/mol. The number of aryl methyl sites for hydroxylation is 1. The minimum atomic E-state index is -0.306. The summed E-state index contributed by atoms with van der Waals surface area (Å²) in [5.74, 6) is 0.0195. The average molecular weight is 354 g/mol. The molecule has 0 amide bonds. The fourth-order valence-corrected chi connectivity index (χ4v) is 2.90. The standard InChI is InChI=1S/C18H19FN6O/c1-13-9-15(24-5-7-26-8-6-24)10-16(17(13)19)22-18-21-12-25(23-18)14-3-2-4-20-11-14/h2-4,9-12H,5-8H2,1H3,(H,22,23). The lowest BCUT2D eigenvalue weighted by molar-refractivity contribution is 0.122. The number of aromatic nitrogens is 4. The molecule has 0 aliphatic carbocycles.